The lowest BCUT2D eigenvalue weighted by molar-refractivity contribution is -0.128. The third kappa shape index (κ3) is 1.73. The monoisotopic (exact) mass is 286 g/mol. The number of benzene rings is 1. The summed E-state index contributed by atoms with van der Waals surface area (Å²) in [6.45, 7) is 2.11. The third-order valence-corrected chi connectivity index (χ3v) is 6.50. The maximum atomic E-state index is 12.0. The quantitative estimate of drug-likeness (QED) is 0.771. The summed E-state index contributed by atoms with van der Waals surface area (Å²) in [7, 11) is 0. The second-order valence-corrected chi connectivity index (χ2v) is 7.42. The minimum absolute atomic E-state index is 0.0413. The Hall–Kier alpha value is -1.35. The van der Waals surface area contributed by atoms with E-state index in [1.165, 1.54) is 11.1 Å². The highest BCUT2D eigenvalue weighted by atomic mass is 16.3. The van der Waals surface area contributed by atoms with Crippen LogP contribution >= 0.6 is 0 Å². The molecule has 3 aliphatic rings. The van der Waals surface area contributed by atoms with E-state index in [1.54, 1.807) is 6.07 Å². The Labute approximate surface area is 125 Å². The Morgan fingerprint density at radius 2 is 2.10 bits per heavy atom. The van der Waals surface area contributed by atoms with Crippen LogP contribution in [0.15, 0.2) is 18.2 Å². The van der Waals surface area contributed by atoms with Crippen LogP contribution in [0.3, 0.4) is 0 Å². The van der Waals surface area contributed by atoms with Crippen molar-refractivity contribution in [3.05, 3.63) is 29.3 Å². The molecule has 2 fully saturated rings. The van der Waals surface area contributed by atoms with Gasteiger partial charge in [0.1, 0.15) is 11.9 Å². The van der Waals surface area contributed by atoms with Crippen molar-refractivity contribution in [2.24, 2.45) is 17.3 Å². The molecule has 0 aliphatic heterocycles. The van der Waals surface area contributed by atoms with Gasteiger partial charge in [-0.05, 0) is 66.7 Å². The summed E-state index contributed by atoms with van der Waals surface area (Å²) < 4.78 is 0. The van der Waals surface area contributed by atoms with E-state index in [9.17, 15) is 15.0 Å². The first-order valence-corrected chi connectivity index (χ1v) is 8.03. The van der Waals surface area contributed by atoms with E-state index in [-0.39, 0.29) is 11.2 Å². The number of carbonyl (C=O) groups excluding carboxylic acids is 1. The molecule has 3 aliphatic carbocycles. The van der Waals surface area contributed by atoms with Gasteiger partial charge < -0.3 is 10.2 Å². The molecular formula is C18H22O3. The number of aromatic hydroxyl groups is 1. The number of Topliss-reactive ketones (excluding diaryl/α,β-unsaturated/α-hetero) is 1. The predicted octanol–water partition coefficient (Wildman–Crippen LogP) is 2.79. The average Bonchev–Trinajstić information content (AvgIpc) is 2.70. The molecule has 21 heavy (non-hydrogen) atoms. The Morgan fingerprint density at radius 1 is 1.29 bits per heavy atom. The number of aliphatic hydroxyl groups is 1. The maximum Gasteiger partial charge on any atom is 0.162 e. The van der Waals surface area contributed by atoms with Gasteiger partial charge in [-0.1, -0.05) is 13.0 Å². The van der Waals surface area contributed by atoms with Crippen molar-refractivity contribution in [2.75, 3.05) is 0 Å². The first-order valence-electron chi connectivity index (χ1n) is 8.03. The molecule has 0 unspecified atom stereocenters. The molecular weight excluding hydrogens is 264 g/mol. The van der Waals surface area contributed by atoms with Gasteiger partial charge in [0.2, 0.25) is 0 Å². The second kappa shape index (κ2) is 4.33. The number of aryl methyl sites for hydroxylation is 1. The van der Waals surface area contributed by atoms with Crippen molar-refractivity contribution in [3.8, 4) is 5.75 Å². The summed E-state index contributed by atoms with van der Waals surface area (Å²) in [6.07, 6.45) is 3.80. The molecule has 2 saturated carbocycles. The number of hydrogen-bond donors (Lipinski definition) is 2. The minimum Gasteiger partial charge on any atom is -0.508 e. The molecule has 3 nitrogen and oxygen atoms in total. The average molecular weight is 286 g/mol. The molecule has 4 rings (SSSR count). The molecule has 0 aromatic heterocycles. The normalized spacial score (nSPS) is 41.3. The van der Waals surface area contributed by atoms with Crippen molar-refractivity contribution < 1.29 is 15.0 Å². The standard InChI is InChI=1S/C18H22O3/c1-18-7-6-13-12-5-3-11(19)8-10(12)2-4-14(13)15(18)9-16(20)17(18)21/h3,5,8,13-15,17,19,21H,2,4,6-7,9H2,1H3/t13-,14+,15-,17-,18-/m0/s1. The van der Waals surface area contributed by atoms with Crippen LogP contribution in [0.4, 0.5) is 0 Å². The second-order valence-electron chi connectivity index (χ2n) is 7.42. The lowest BCUT2D eigenvalue weighted by Crippen LogP contribution is -2.44. The van der Waals surface area contributed by atoms with Crippen LogP contribution in [0.25, 0.3) is 0 Å². The Balaban J connectivity index is 1.73. The van der Waals surface area contributed by atoms with Crippen molar-refractivity contribution in [3.63, 3.8) is 0 Å². The van der Waals surface area contributed by atoms with Crippen LogP contribution in [0.2, 0.25) is 0 Å². The number of rotatable bonds is 0. The van der Waals surface area contributed by atoms with Gasteiger partial charge in [-0.25, -0.2) is 0 Å². The van der Waals surface area contributed by atoms with E-state index < -0.39 is 6.10 Å². The van der Waals surface area contributed by atoms with Crippen LogP contribution < -0.4 is 0 Å². The van der Waals surface area contributed by atoms with Gasteiger partial charge in [-0.15, -0.1) is 0 Å². The summed E-state index contributed by atoms with van der Waals surface area (Å²) in [4.78, 5) is 12.0. The van der Waals surface area contributed by atoms with Crippen LogP contribution in [0.1, 0.15) is 49.7 Å². The van der Waals surface area contributed by atoms with Crippen LogP contribution in [-0.4, -0.2) is 22.1 Å². The zero-order chi connectivity index (χ0) is 14.8. The number of aliphatic hydroxyl groups excluding tert-OH is 1. The van der Waals surface area contributed by atoms with Gasteiger partial charge in [0.25, 0.3) is 0 Å². The predicted molar refractivity (Wildman–Crippen MR) is 79.1 cm³/mol. The van der Waals surface area contributed by atoms with Crippen molar-refractivity contribution in [2.45, 2.75) is 51.0 Å². The lowest BCUT2D eigenvalue weighted by atomic mass is 9.55. The molecule has 2 N–H and O–H groups in total. The van der Waals surface area contributed by atoms with E-state index in [0.29, 0.717) is 29.9 Å². The Bertz CT molecular complexity index is 608. The highest BCUT2D eigenvalue weighted by Crippen LogP contribution is 2.60. The zero-order valence-electron chi connectivity index (χ0n) is 12.4. The fraction of sp³-hybridized carbons (Fsp3) is 0.611. The van der Waals surface area contributed by atoms with Crippen LogP contribution in [0, 0.1) is 17.3 Å². The third-order valence-electron chi connectivity index (χ3n) is 6.50. The maximum absolute atomic E-state index is 12.0. The Kier molecular flexibility index (Phi) is 2.74. The van der Waals surface area contributed by atoms with Gasteiger partial charge in [-0.3, -0.25) is 4.79 Å². The minimum atomic E-state index is -0.760. The molecule has 3 heteroatoms. The van der Waals surface area contributed by atoms with Gasteiger partial charge in [0.15, 0.2) is 5.78 Å². The number of carbonyl (C=O) groups is 1. The molecule has 0 amide bonds. The molecule has 0 heterocycles. The van der Waals surface area contributed by atoms with E-state index in [4.69, 9.17) is 0 Å². The van der Waals surface area contributed by atoms with Gasteiger partial charge in [0, 0.05) is 11.8 Å². The molecule has 0 spiro atoms. The molecule has 1 aromatic carbocycles. The smallest absolute Gasteiger partial charge is 0.162 e. The number of phenolic OH excluding ortho intramolecular Hbond substituents is 1. The van der Waals surface area contributed by atoms with Crippen molar-refractivity contribution in [1.29, 1.82) is 0 Å². The van der Waals surface area contributed by atoms with Crippen molar-refractivity contribution >= 4 is 5.78 Å². The number of hydrogen-bond acceptors (Lipinski definition) is 3. The van der Waals surface area contributed by atoms with Crippen LogP contribution in [0.5, 0.6) is 5.75 Å². The number of fused-ring (bicyclic) bond motifs is 5. The summed E-state index contributed by atoms with van der Waals surface area (Å²) in [5, 5.41) is 20.0. The molecule has 0 bridgehead atoms. The summed E-state index contributed by atoms with van der Waals surface area (Å²) in [6, 6.07) is 5.75. The fourth-order valence-corrected chi connectivity index (χ4v) is 5.34. The largest absolute Gasteiger partial charge is 0.508 e. The highest BCUT2D eigenvalue weighted by molar-refractivity contribution is 5.86. The first kappa shape index (κ1) is 13.3. The molecule has 112 valence electrons. The highest BCUT2D eigenvalue weighted by Gasteiger charge is 2.57. The van der Waals surface area contributed by atoms with E-state index in [0.717, 1.165) is 25.7 Å². The summed E-state index contributed by atoms with van der Waals surface area (Å²) in [5.41, 5.74) is 2.41. The Morgan fingerprint density at radius 3 is 2.90 bits per heavy atom. The molecule has 1 aromatic rings. The number of ketones is 1. The van der Waals surface area contributed by atoms with Gasteiger partial charge in [0.05, 0.1) is 0 Å². The van der Waals surface area contributed by atoms with E-state index in [1.807, 2.05) is 6.07 Å². The number of phenols is 1. The van der Waals surface area contributed by atoms with Gasteiger partial charge >= 0.3 is 0 Å². The lowest BCUT2D eigenvalue weighted by Gasteiger charge is -2.49. The zero-order valence-corrected chi connectivity index (χ0v) is 12.4. The summed E-state index contributed by atoms with van der Waals surface area (Å²) >= 11 is 0. The molecule has 5 atom stereocenters. The van der Waals surface area contributed by atoms with E-state index in [2.05, 4.69) is 13.0 Å². The van der Waals surface area contributed by atoms with E-state index >= 15 is 0 Å². The SMILES string of the molecule is C[C@]12CC[C@H]3c4ccc(O)cc4CC[C@H]3[C@@H]1CC(=O)[C@@H]2O. The molecule has 0 saturated heterocycles. The molecule has 0 radical (unpaired) electrons. The van der Waals surface area contributed by atoms with Crippen LogP contribution in [-0.2, 0) is 11.2 Å². The fourth-order valence-electron chi connectivity index (χ4n) is 5.34. The van der Waals surface area contributed by atoms with Crippen molar-refractivity contribution in [1.82, 2.24) is 0 Å². The first-order chi connectivity index (χ1) is 10.0. The summed E-state index contributed by atoms with van der Waals surface area (Å²) in [5.74, 6) is 1.70. The topological polar surface area (TPSA) is 57.5 Å². The van der Waals surface area contributed by atoms with Gasteiger partial charge in [-0.2, -0.15) is 0 Å².